The van der Waals surface area contributed by atoms with E-state index in [1.165, 1.54) is 38.2 Å². The molecule has 2 nitrogen and oxygen atoms in total. The molecular weight excluding hydrogens is 172 g/mol. The third-order valence-corrected chi connectivity index (χ3v) is 3.01. The zero-order chi connectivity index (χ0) is 8.39. The van der Waals surface area contributed by atoms with Crippen molar-refractivity contribution < 1.29 is 0 Å². The quantitative estimate of drug-likeness (QED) is 0.528. The number of aliphatic imine (C=N–C) groups is 1. The summed E-state index contributed by atoms with van der Waals surface area (Å²) in [5.41, 5.74) is 0. The van der Waals surface area contributed by atoms with E-state index >= 15 is 0 Å². The fourth-order valence-electron chi connectivity index (χ4n) is 1.95. The first-order chi connectivity index (χ1) is 5.88. The Labute approximate surface area is 78.6 Å². The molecule has 1 unspecified atom stereocenters. The van der Waals surface area contributed by atoms with E-state index in [0.29, 0.717) is 0 Å². The van der Waals surface area contributed by atoms with Crippen molar-refractivity contribution in [3.05, 3.63) is 0 Å². The van der Waals surface area contributed by atoms with Gasteiger partial charge in [-0.05, 0) is 25.7 Å². The van der Waals surface area contributed by atoms with Gasteiger partial charge in [0, 0.05) is 19.6 Å². The van der Waals surface area contributed by atoms with Gasteiger partial charge in [0.1, 0.15) is 5.84 Å². The highest BCUT2D eigenvalue weighted by Gasteiger charge is 2.24. The molecular formula is C9H15ClN2. The van der Waals surface area contributed by atoms with E-state index in [1.807, 2.05) is 0 Å². The fourth-order valence-corrected chi connectivity index (χ4v) is 2.31. The van der Waals surface area contributed by atoms with Crippen LogP contribution in [0, 0.1) is 0 Å². The maximum absolute atomic E-state index is 6.22. The Kier molecular flexibility index (Phi) is 2.54. The van der Waals surface area contributed by atoms with E-state index < -0.39 is 0 Å². The lowest BCUT2D eigenvalue weighted by molar-refractivity contribution is 0.391. The van der Waals surface area contributed by atoms with E-state index in [2.05, 4.69) is 9.89 Å². The molecule has 0 bridgehead atoms. The molecule has 1 fully saturated rings. The van der Waals surface area contributed by atoms with Crippen molar-refractivity contribution in [2.75, 3.05) is 19.6 Å². The van der Waals surface area contributed by atoms with Crippen molar-refractivity contribution in [2.24, 2.45) is 4.99 Å². The molecule has 2 aliphatic rings. The summed E-state index contributed by atoms with van der Waals surface area (Å²) in [5.74, 6) is 1.17. The van der Waals surface area contributed by atoms with E-state index in [9.17, 15) is 0 Å². The zero-order valence-corrected chi connectivity index (χ0v) is 8.06. The van der Waals surface area contributed by atoms with E-state index in [1.54, 1.807) is 0 Å². The number of hydrogen-bond donors (Lipinski definition) is 0. The topological polar surface area (TPSA) is 15.6 Å². The van der Waals surface area contributed by atoms with Gasteiger partial charge in [0.2, 0.25) is 0 Å². The van der Waals surface area contributed by atoms with Gasteiger partial charge in [-0.3, -0.25) is 4.99 Å². The molecule has 68 valence electrons. The third-order valence-electron chi connectivity index (χ3n) is 2.60. The highest BCUT2D eigenvalue weighted by Crippen LogP contribution is 2.20. The van der Waals surface area contributed by atoms with Crippen LogP contribution >= 0.6 is 11.6 Å². The number of nitrogens with zero attached hydrogens (tertiary/aromatic N) is 2. The van der Waals surface area contributed by atoms with E-state index in [0.717, 1.165) is 13.0 Å². The minimum Gasteiger partial charge on any atom is -0.359 e. The molecule has 0 amide bonds. The summed E-state index contributed by atoms with van der Waals surface area (Å²) in [6.45, 7) is 3.32. The molecule has 0 N–H and O–H groups in total. The highest BCUT2D eigenvalue weighted by atomic mass is 35.5. The molecule has 0 aromatic rings. The monoisotopic (exact) mass is 186 g/mol. The van der Waals surface area contributed by atoms with Gasteiger partial charge in [0.25, 0.3) is 0 Å². The number of alkyl halides is 1. The second-order valence-electron chi connectivity index (χ2n) is 3.54. The van der Waals surface area contributed by atoms with Gasteiger partial charge in [0.15, 0.2) is 0 Å². The van der Waals surface area contributed by atoms with Crippen molar-refractivity contribution in [1.82, 2.24) is 4.90 Å². The second kappa shape index (κ2) is 3.65. The Bertz CT molecular complexity index is 191. The molecule has 0 saturated carbocycles. The predicted octanol–water partition coefficient (Wildman–Crippen LogP) is 1.88. The fraction of sp³-hybridized carbons (Fsp3) is 0.889. The number of fused-ring (bicyclic) bond motifs is 1. The van der Waals surface area contributed by atoms with Crippen LogP contribution in [0.4, 0.5) is 0 Å². The van der Waals surface area contributed by atoms with Crippen LogP contribution in [0.15, 0.2) is 4.99 Å². The minimum absolute atomic E-state index is 0.188. The molecule has 3 heteroatoms. The summed E-state index contributed by atoms with van der Waals surface area (Å²) < 4.78 is 0. The Morgan fingerprint density at radius 1 is 1.25 bits per heavy atom. The Morgan fingerprint density at radius 2 is 2.08 bits per heavy atom. The summed E-state index contributed by atoms with van der Waals surface area (Å²) in [4.78, 5) is 6.87. The van der Waals surface area contributed by atoms with Crippen LogP contribution in [0.1, 0.15) is 25.7 Å². The average Bonchev–Trinajstić information content (AvgIpc) is 2.29. The molecule has 0 aromatic heterocycles. The summed E-state index contributed by atoms with van der Waals surface area (Å²) in [7, 11) is 0. The lowest BCUT2D eigenvalue weighted by Crippen LogP contribution is -2.39. The Balaban J connectivity index is 2.14. The van der Waals surface area contributed by atoms with Gasteiger partial charge in [-0.2, -0.15) is 0 Å². The molecule has 2 rings (SSSR count). The minimum atomic E-state index is 0.188. The normalized spacial score (nSPS) is 30.6. The molecule has 12 heavy (non-hydrogen) atoms. The molecule has 1 saturated heterocycles. The first kappa shape index (κ1) is 8.36. The van der Waals surface area contributed by atoms with Gasteiger partial charge in [-0.15, -0.1) is 11.6 Å². The summed E-state index contributed by atoms with van der Waals surface area (Å²) in [6, 6.07) is 0. The van der Waals surface area contributed by atoms with Crippen molar-refractivity contribution in [3.8, 4) is 0 Å². The molecule has 0 aliphatic carbocycles. The zero-order valence-electron chi connectivity index (χ0n) is 7.30. The predicted molar refractivity (Wildman–Crippen MR) is 52.0 cm³/mol. The van der Waals surface area contributed by atoms with Crippen LogP contribution in [0.25, 0.3) is 0 Å². The maximum Gasteiger partial charge on any atom is 0.117 e. The van der Waals surface area contributed by atoms with Crippen molar-refractivity contribution >= 4 is 17.4 Å². The maximum atomic E-state index is 6.22. The summed E-state index contributed by atoms with van der Waals surface area (Å²) >= 11 is 6.22. The van der Waals surface area contributed by atoms with Crippen LogP contribution in [-0.2, 0) is 0 Å². The number of hydrogen-bond acceptors (Lipinski definition) is 2. The molecule has 0 spiro atoms. The standard InChI is InChI=1S/C9H15ClN2/c10-8-4-1-2-6-12-7-3-5-11-9(8)12/h8H,1-7H2. The summed E-state index contributed by atoms with van der Waals surface area (Å²) in [5, 5.41) is 0.188. The SMILES string of the molecule is ClC1CCCCN2CCCN=C12. The largest absolute Gasteiger partial charge is 0.359 e. The molecule has 0 radical (unpaired) electrons. The van der Waals surface area contributed by atoms with Crippen molar-refractivity contribution in [3.63, 3.8) is 0 Å². The number of rotatable bonds is 0. The smallest absolute Gasteiger partial charge is 0.117 e. The Hall–Kier alpha value is -0.240. The van der Waals surface area contributed by atoms with Gasteiger partial charge in [-0.25, -0.2) is 0 Å². The number of amidine groups is 1. The van der Waals surface area contributed by atoms with Crippen molar-refractivity contribution in [1.29, 1.82) is 0 Å². The Morgan fingerprint density at radius 3 is 3.00 bits per heavy atom. The van der Waals surface area contributed by atoms with Crippen LogP contribution in [0.2, 0.25) is 0 Å². The van der Waals surface area contributed by atoms with Crippen molar-refractivity contribution in [2.45, 2.75) is 31.1 Å². The van der Waals surface area contributed by atoms with Crippen LogP contribution < -0.4 is 0 Å². The van der Waals surface area contributed by atoms with E-state index in [-0.39, 0.29) is 5.38 Å². The molecule has 1 atom stereocenters. The first-order valence-electron chi connectivity index (χ1n) is 4.81. The average molecular weight is 187 g/mol. The van der Waals surface area contributed by atoms with Crippen LogP contribution in [0.5, 0.6) is 0 Å². The lowest BCUT2D eigenvalue weighted by atomic mass is 10.2. The molecule has 0 aromatic carbocycles. The second-order valence-corrected chi connectivity index (χ2v) is 4.07. The highest BCUT2D eigenvalue weighted by molar-refractivity contribution is 6.31. The third kappa shape index (κ3) is 1.58. The first-order valence-corrected chi connectivity index (χ1v) is 5.25. The number of halogens is 1. The van der Waals surface area contributed by atoms with Gasteiger partial charge < -0.3 is 4.90 Å². The summed E-state index contributed by atoms with van der Waals surface area (Å²) in [6.07, 6.45) is 4.84. The van der Waals surface area contributed by atoms with Gasteiger partial charge in [0.05, 0.1) is 5.38 Å². The van der Waals surface area contributed by atoms with Crippen LogP contribution in [-0.4, -0.2) is 35.7 Å². The van der Waals surface area contributed by atoms with Gasteiger partial charge in [-0.1, -0.05) is 0 Å². The van der Waals surface area contributed by atoms with Crippen LogP contribution in [0.3, 0.4) is 0 Å². The lowest BCUT2D eigenvalue weighted by Gasteiger charge is -2.29. The molecule has 2 aliphatic heterocycles. The van der Waals surface area contributed by atoms with Gasteiger partial charge >= 0.3 is 0 Å². The molecule has 2 heterocycles. The van der Waals surface area contributed by atoms with E-state index in [4.69, 9.17) is 11.6 Å².